The maximum atomic E-state index is 6.28. The average molecular weight is 228 g/mol. The Morgan fingerprint density at radius 1 is 0.688 bits per heavy atom. The van der Waals surface area contributed by atoms with Gasteiger partial charge in [0.2, 0.25) is 0 Å². The molecule has 0 aliphatic carbocycles. The van der Waals surface area contributed by atoms with Crippen LogP contribution in [0.25, 0.3) is 21.5 Å². The summed E-state index contributed by atoms with van der Waals surface area (Å²) in [7, 11) is 0. The Balaban J connectivity index is 2.69. The minimum absolute atomic E-state index is 0.648. The molecule has 0 saturated carbocycles. The molecule has 2 heteroatoms. The third-order valence-electron chi connectivity index (χ3n) is 2.91. The first-order valence-electron chi connectivity index (χ1n) is 5.13. The first-order valence-corrected chi connectivity index (χ1v) is 5.51. The van der Waals surface area contributed by atoms with Crippen molar-refractivity contribution in [3.8, 4) is 0 Å². The van der Waals surface area contributed by atoms with E-state index in [1.807, 2.05) is 36.4 Å². The normalized spacial score (nSPS) is 11.1. The van der Waals surface area contributed by atoms with Gasteiger partial charge in [0.05, 0.1) is 10.7 Å². The molecule has 3 aromatic rings. The van der Waals surface area contributed by atoms with Gasteiger partial charge in [0, 0.05) is 10.8 Å². The highest BCUT2D eigenvalue weighted by atomic mass is 35.5. The summed E-state index contributed by atoms with van der Waals surface area (Å²) in [4.78, 5) is 0. The van der Waals surface area contributed by atoms with Crippen LogP contribution in [-0.4, -0.2) is 0 Å². The van der Waals surface area contributed by atoms with Gasteiger partial charge in [-0.05, 0) is 10.8 Å². The van der Waals surface area contributed by atoms with Crippen molar-refractivity contribution in [1.82, 2.24) is 0 Å². The van der Waals surface area contributed by atoms with E-state index in [2.05, 4.69) is 12.1 Å². The zero-order chi connectivity index (χ0) is 11.1. The molecule has 0 unspecified atom stereocenters. The second kappa shape index (κ2) is 3.39. The summed E-state index contributed by atoms with van der Waals surface area (Å²) in [6.45, 7) is 0. The molecule has 0 spiro atoms. The molecule has 0 heterocycles. The van der Waals surface area contributed by atoms with E-state index in [1.165, 1.54) is 0 Å². The SMILES string of the molecule is Nc1c(Cl)c2ccccc2c2ccccc12. The molecule has 0 bridgehead atoms. The van der Waals surface area contributed by atoms with Gasteiger partial charge in [0.1, 0.15) is 0 Å². The number of benzene rings is 3. The maximum absolute atomic E-state index is 6.28. The van der Waals surface area contributed by atoms with Crippen LogP contribution < -0.4 is 5.73 Å². The Hall–Kier alpha value is -1.73. The molecule has 0 atom stereocenters. The molecule has 0 amide bonds. The van der Waals surface area contributed by atoms with Gasteiger partial charge in [-0.15, -0.1) is 0 Å². The predicted molar refractivity (Wildman–Crippen MR) is 70.9 cm³/mol. The van der Waals surface area contributed by atoms with Gasteiger partial charge >= 0.3 is 0 Å². The number of hydrogen-bond acceptors (Lipinski definition) is 1. The smallest absolute Gasteiger partial charge is 0.0720 e. The van der Waals surface area contributed by atoms with Crippen molar-refractivity contribution < 1.29 is 0 Å². The lowest BCUT2D eigenvalue weighted by Gasteiger charge is -2.09. The first-order chi connectivity index (χ1) is 7.79. The fourth-order valence-electron chi connectivity index (χ4n) is 2.13. The molecule has 1 nitrogen and oxygen atoms in total. The van der Waals surface area contributed by atoms with Gasteiger partial charge in [-0.1, -0.05) is 60.1 Å². The van der Waals surface area contributed by atoms with Crippen molar-refractivity contribution in [3.63, 3.8) is 0 Å². The number of hydrogen-bond donors (Lipinski definition) is 1. The first kappa shape index (κ1) is 9.49. The predicted octanol–water partition coefficient (Wildman–Crippen LogP) is 4.23. The number of anilines is 1. The van der Waals surface area contributed by atoms with E-state index in [0.29, 0.717) is 10.7 Å². The quantitative estimate of drug-likeness (QED) is 0.451. The lowest BCUT2D eigenvalue weighted by atomic mass is 10.0. The second-order valence-electron chi connectivity index (χ2n) is 3.82. The molecule has 16 heavy (non-hydrogen) atoms. The van der Waals surface area contributed by atoms with Crippen LogP contribution >= 0.6 is 11.6 Å². The van der Waals surface area contributed by atoms with Crippen molar-refractivity contribution in [2.45, 2.75) is 0 Å². The topological polar surface area (TPSA) is 26.0 Å². The Morgan fingerprint density at radius 2 is 1.12 bits per heavy atom. The number of halogens is 1. The van der Waals surface area contributed by atoms with Crippen molar-refractivity contribution in [2.24, 2.45) is 0 Å². The molecule has 0 aromatic heterocycles. The summed E-state index contributed by atoms with van der Waals surface area (Å²) >= 11 is 6.28. The Bertz CT molecular complexity index is 628. The molecular weight excluding hydrogens is 218 g/mol. The highest BCUT2D eigenvalue weighted by Crippen LogP contribution is 2.37. The van der Waals surface area contributed by atoms with Crippen LogP contribution in [0.3, 0.4) is 0 Å². The molecule has 0 saturated heterocycles. The average Bonchev–Trinajstić information content (AvgIpc) is 2.36. The molecular formula is C14H10ClN. The summed E-state index contributed by atoms with van der Waals surface area (Å²) < 4.78 is 0. The Morgan fingerprint density at radius 3 is 1.75 bits per heavy atom. The summed E-state index contributed by atoms with van der Waals surface area (Å²) in [5.41, 5.74) is 6.72. The van der Waals surface area contributed by atoms with Gasteiger partial charge < -0.3 is 5.73 Å². The lowest BCUT2D eigenvalue weighted by Crippen LogP contribution is -1.90. The minimum atomic E-state index is 0.648. The number of nitrogen functional groups attached to an aromatic ring is 1. The second-order valence-corrected chi connectivity index (χ2v) is 4.20. The molecule has 0 radical (unpaired) electrons. The van der Waals surface area contributed by atoms with Crippen molar-refractivity contribution in [2.75, 3.05) is 5.73 Å². The fourth-order valence-corrected chi connectivity index (χ4v) is 2.39. The molecule has 0 aliphatic heterocycles. The third kappa shape index (κ3) is 1.18. The van der Waals surface area contributed by atoms with E-state index in [0.717, 1.165) is 21.5 Å². The Kier molecular flexibility index (Phi) is 2.01. The molecule has 3 rings (SSSR count). The summed E-state index contributed by atoms with van der Waals surface area (Å²) in [6, 6.07) is 16.1. The van der Waals surface area contributed by atoms with E-state index in [9.17, 15) is 0 Å². The minimum Gasteiger partial charge on any atom is -0.397 e. The van der Waals surface area contributed by atoms with E-state index in [4.69, 9.17) is 17.3 Å². The molecule has 78 valence electrons. The highest BCUT2D eigenvalue weighted by Gasteiger charge is 2.08. The zero-order valence-corrected chi connectivity index (χ0v) is 9.33. The largest absolute Gasteiger partial charge is 0.397 e. The number of fused-ring (bicyclic) bond motifs is 3. The number of rotatable bonds is 0. The standard InChI is InChI=1S/C14H10ClN/c15-13-11-7-3-1-5-9(11)10-6-2-4-8-12(10)14(13)16/h1-8H,16H2. The van der Waals surface area contributed by atoms with Gasteiger partial charge in [-0.25, -0.2) is 0 Å². The van der Waals surface area contributed by atoms with E-state index in [1.54, 1.807) is 0 Å². The molecule has 2 N–H and O–H groups in total. The van der Waals surface area contributed by atoms with Crippen LogP contribution in [0.1, 0.15) is 0 Å². The maximum Gasteiger partial charge on any atom is 0.0720 e. The number of nitrogens with two attached hydrogens (primary N) is 1. The van der Waals surface area contributed by atoms with Crippen molar-refractivity contribution in [3.05, 3.63) is 53.6 Å². The summed E-state index contributed by atoms with van der Waals surface area (Å²) in [6.07, 6.45) is 0. The van der Waals surface area contributed by atoms with Crippen molar-refractivity contribution in [1.29, 1.82) is 0 Å². The zero-order valence-electron chi connectivity index (χ0n) is 8.57. The van der Waals surface area contributed by atoms with Crippen molar-refractivity contribution >= 4 is 38.8 Å². The molecule has 0 aliphatic rings. The van der Waals surface area contributed by atoms with Crippen LogP contribution in [0, 0.1) is 0 Å². The van der Waals surface area contributed by atoms with E-state index in [-0.39, 0.29) is 0 Å². The van der Waals surface area contributed by atoms with E-state index >= 15 is 0 Å². The Labute approximate surface area is 98.4 Å². The molecule has 3 aromatic carbocycles. The summed E-state index contributed by atoms with van der Waals surface area (Å²) in [5.74, 6) is 0. The fraction of sp³-hybridized carbons (Fsp3) is 0. The van der Waals surface area contributed by atoms with Gasteiger partial charge in [-0.3, -0.25) is 0 Å². The van der Waals surface area contributed by atoms with Crippen LogP contribution in [0.4, 0.5) is 5.69 Å². The van der Waals surface area contributed by atoms with E-state index < -0.39 is 0 Å². The summed E-state index contributed by atoms with van der Waals surface area (Å²) in [5, 5.41) is 4.98. The molecule has 0 fully saturated rings. The van der Waals surface area contributed by atoms with Crippen LogP contribution in [0.15, 0.2) is 48.5 Å². The third-order valence-corrected chi connectivity index (χ3v) is 3.31. The lowest BCUT2D eigenvalue weighted by molar-refractivity contribution is 1.74. The monoisotopic (exact) mass is 227 g/mol. The van der Waals surface area contributed by atoms with Gasteiger partial charge in [-0.2, -0.15) is 0 Å². The van der Waals surface area contributed by atoms with Crippen LogP contribution in [0.5, 0.6) is 0 Å². The van der Waals surface area contributed by atoms with Gasteiger partial charge in [0.15, 0.2) is 0 Å². The van der Waals surface area contributed by atoms with Crippen LogP contribution in [0.2, 0.25) is 5.02 Å². The van der Waals surface area contributed by atoms with Crippen LogP contribution in [-0.2, 0) is 0 Å². The highest BCUT2D eigenvalue weighted by molar-refractivity contribution is 6.41. The van der Waals surface area contributed by atoms with Gasteiger partial charge in [0.25, 0.3) is 0 Å².